The fourth-order valence-corrected chi connectivity index (χ4v) is 3.81. The van der Waals surface area contributed by atoms with Crippen molar-refractivity contribution in [3.05, 3.63) is 54.0 Å². The van der Waals surface area contributed by atoms with E-state index in [1.165, 1.54) is 0 Å². The molecule has 8 heteroatoms. The maximum atomic E-state index is 12.2. The Hall–Kier alpha value is -2.16. The molecule has 1 saturated heterocycles. The topological polar surface area (TPSA) is 88.9 Å². The van der Waals surface area contributed by atoms with Gasteiger partial charge in [-0.05, 0) is 49.1 Å². The number of benzene rings is 1. The van der Waals surface area contributed by atoms with Gasteiger partial charge in [-0.2, -0.15) is 0 Å². The molecule has 3 rings (SSSR count). The number of hydrogen-bond donors (Lipinski definition) is 1. The average Bonchev–Trinajstić information content (AvgIpc) is 3.32. The lowest BCUT2D eigenvalue weighted by Gasteiger charge is -2.15. The smallest absolute Gasteiger partial charge is 0.262 e. The first-order valence-corrected chi connectivity index (χ1v) is 10.6. The van der Waals surface area contributed by atoms with Gasteiger partial charge in [0, 0.05) is 25.9 Å². The number of carbonyl (C=O) groups is 1. The molecule has 1 amide bonds. The Kier molecular flexibility index (Phi) is 6.65. The fourth-order valence-electron chi connectivity index (χ4n) is 2.98. The molecule has 1 aliphatic rings. The van der Waals surface area contributed by atoms with Gasteiger partial charge in [-0.15, -0.1) is 0 Å². The van der Waals surface area contributed by atoms with Gasteiger partial charge in [0.15, 0.2) is 0 Å². The van der Waals surface area contributed by atoms with Crippen molar-refractivity contribution >= 4 is 15.9 Å². The van der Waals surface area contributed by atoms with Crippen LogP contribution in [0.15, 0.2) is 52.0 Å². The number of nitrogens with one attached hydrogen (secondary N) is 1. The van der Waals surface area contributed by atoms with E-state index in [9.17, 15) is 13.2 Å². The minimum absolute atomic E-state index is 0.148. The molecule has 2 heterocycles. The first kappa shape index (κ1) is 19.6. The number of nitrogens with zero attached hydrogens (tertiary/aromatic N) is 1. The molecule has 1 N–H and O–H groups in total. The van der Waals surface area contributed by atoms with Gasteiger partial charge < -0.3 is 9.32 Å². The maximum absolute atomic E-state index is 12.2. The molecule has 2 aromatic rings. The SMILES string of the molecule is O=C1CCCN1CCc1ccc(S(=O)(=O)NOCCCc2ccco2)cc1. The highest BCUT2D eigenvalue weighted by atomic mass is 32.2. The van der Waals surface area contributed by atoms with Crippen LogP contribution in [0.4, 0.5) is 0 Å². The minimum Gasteiger partial charge on any atom is -0.469 e. The molecule has 0 saturated carbocycles. The largest absolute Gasteiger partial charge is 0.469 e. The van der Waals surface area contributed by atoms with Gasteiger partial charge in [-0.1, -0.05) is 17.0 Å². The van der Waals surface area contributed by atoms with E-state index in [1.54, 1.807) is 30.5 Å². The van der Waals surface area contributed by atoms with E-state index in [0.717, 1.165) is 24.3 Å². The summed E-state index contributed by atoms with van der Waals surface area (Å²) < 4.78 is 29.7. The van der Waals surface area contributed by atoms with E-state index in [2.05, 4.69) is 4.89 Å². The second kappa shape index (κ2) is 9.16. The van der Waals surface area contributed by atoms with Crippen LogP contribution < -0.4 is 4.89 Å². The normalized spacial score (nSPS) is 14.8. The molecule has 1 fully saturated rings. The highest BCUT2D eigenvalue weighted by Crippen LogP contribution is 2.14. The Morgan fingerprint density at radius 2 is 1.96 bits per heavy atom. The summed E-state index contributed by atoms with van der Waals surface area (Å²) in [6.07, 6.45) is 5.19. The molecule has 1 aromatic heterocycles. The van der Waals surface area contributed by atoms with Crippen LogP contribution in [-0.4, -0.2) is 38.9 Å². The Bertz CT molecular complexity index is 831. The lowest BCUT2D eigenvalue weighted by Crippen LogP contribution is -2.27. The molecule has 146 valence electrons. The minimum atomic E-state index is -3.71. The molecule has 0 spiro atoms. The van der Waals surface area contributed by atoms with Crippen LogP contribution in [-0.2, 0) is 32.5 Å². The highest BCUT2D eigenvalue weighted by molar-refractivity contribution is 7.89. The van der Waals surface area contributed by atoms with Crippen molar-refractivity contribution < 1.29 is 22.5 Å². The summed E-state index contributed by atoms with van der Waals surface area (Å²) in [4.78, 5) is 20.8. The van der Waals surface area contributed by atoms with Crippen molar-refractivity contribution in [2.75, 3.05) is 19.7 Å². The number of carbonyl (C=O) groups excluding carboxylic acids is 1. The number of furan rings is 1. The molecular formula is C19H24N2O5S. The van der Waals surface area contributed by atoms with Crippen LogP contribution in [0.2, 0.25) is 0 Å². The molecule has 7 nitrogen and oxygen atoms in total. The summed E-state index contributed by atoms with van der Waals surface area (Å²) in [5.74, 6) is 1.04. The monoisotopic (exact) mass is 392 g/mol. The quantitative estimate of drug-likeness (QED) is 0.495. The van der Waals surface area contributed by atoms with Crippen LogP contribution in [0.25, 0.3) is 0 Å². The summed E-state index contributed by atoms with van der Waals surface area (Å²) in [6, 6.07) is 10.3. The molecule has 1 aromatic carbocycles. The van der Waals surface area contributed by atoms with Crippen LogP contribution in [0.3, 0.4) is 0 Å². The number of sulfonamides is 1. The van der Waals surface area contributed by atoms with Crippen molar-refractivity contribution in [3.8, 4) is 0 Å². The van der Waals surface area contributed by atoms with E-state index in [-0.39, 0.29) is 17.4 Å². The van der Waals surface area contributed by atoms with E-state index in [0.29, 0.717) is 32.2 Å². The van der Waals surface area contributed by atoms with Crippen molar-refractivity contribution in [3.63, 3.8) is 0 Å². The van der Waals surface area contributed by atoms with Crippen molar-refractivity contribution in [1.82, 2.24) is 9.79 Å². The predicted molar refractivity (Wildman–Crippen MR) is 99.3 cm³/mol. The van der Waals surface area contributed by atoms with Crippen LogP contribution >= 0.6 is 0 Å². The lowest BCUT2D eigenvalue weighted by atomic mass is 10.1. The molecule has 27 heavy (non-hydrogen) atoms. The second-order valence-electron chi connectivity index (χ2n) is 6.50. The summed E-state index contributed by atoms with van der Waals surface area (Å²) in [7, 11) is -3.71. The third-order valence-corrected chi connectivity index (χ3v) is 5.72. The molecule has 0 bridgehead atoms. The summed E-state index contributed by atoms with van der Waals surface area (Å²) in [5.41, 5.74) is 0.994. The molecule has 0 atom stereocenters. The van der Waals surface area contributed by atoms with Gasteiger partial charge in [0.05, 0.1) is 17.8 Å². The van der Waals surface area contributed by atoms with Gasteiger partial charge in [-0.3, -0.25) is 9.63 Å². The van der Waals surface area contributed by atoms with E-state index in [1.807, 2.05) is 17.0 Å². The zero-order chi connectivity index (χ0) is 19.1. The van der Waals surface area contributed by atoms with Gasteiger partial charge in [-0.25, -0.2) is 8.42 Å². The van der Waals surface area contributed by atoms with Gasteiger partial charge in [0.1, 0.15) is 5.76 Å². The van der Waals surface area contributed by atoms with Crippen LogP contribution in [0.5, 0.6) is 0 Å². The molecule has 0 radical (unpaired) electrons. The highest BCUT2D eigenvalue weighted by Gasteiger charge is 2.19. The summed E-state index contributed by atoms with van der Waals surface area (Å²) in [6.45, 7) is 1.73. The second-order valence-corrected chi connectivity index (χ2v) is 8.14. The van der Waals surface area contributed by atoms with Crippen molar-refractivity contribution in [2.24, 2.45) is 0 Å². The fraction of sp³-hybridized carbons (Fsp3) is 0.421. The standard InChI is InChI=1S/C19H24N2O5S/c22-19-6-1-12-21(19)13-11-16-7-9-18(10-8-16)27(23,24)20-26-15-3-5-17-4-2-14-25-17/h2,4,7-10,14,20H,1,3,5-6,11-13,15H2. The summed E-state index contributed by atoms with van der Waals surface area (Å²) in [5, 5.41) is 0. The van der Waals surface area contributed by atoms with Gasteiger partial charge >= 0.3 is 0 Å². The third kappa shape index (κ3) is 5.66. The first-order valence-electron chi connectivity index (χ1n) is 9.07. The number of hydrogen-bond acceptors (Lipinski definition) is 5. The lowest BCUT2D eigenvalue weighted by molar-refractivity contribution is -0.127. The number of aryl methyl sites for hydroxylation is 1. The van der Waals surface area contributed by atoms with Crippen LogP contribution in [0, 0.1) is 0 Å². The molecule has 0 unspecified atom stereocenters. The summed E-state index contributed by atoms with van der Waals surface area (Å²) >= 11 is 0. The number of likely N-dealkylation sites (tertiary alicyclic amines) is 1. The predicted octanol–water partition coefficient (Wildman–Crippen LogP) is 2.29. The number of amides is 1. The zero-order valence-electron chi connectivity index (χ0n) is 15.1. The van der Waals surface area contributed by atoms with Gasteiger partial charge in [0.25, 0.3) is 10.0 Å². The van der Waals surface area contributed by atoms with Crippen molar-refractivity contribution in [1.29, 1.82) is 0 Å². The van der Waals surface area contributed by atoms with E-state index >= 15 is 0 Å². The third-order valence-electron chi connectivity index (χ3n) is 4.49. The Labute approximate surface area is 159 Å². The van der Waals surface area contributed by atoms with E-state index < -0.39 is 10.0 Å². The Balaban J connectivity index is 1.42. The molecule has 0 aliphatic carbocycles. The van der Waals surface area contributed by atoms with Gasteiger partial charge in [0.2, 0.25) is 5.91 Å². The maximum Gasteiger partial charge on any atom is 0.262 e. The van der Waals surface area contributed by atoms with Crippen molar-refractivity contribution in [2.45, 2.75) is 37.0 Å². The zero-order valence-corrected chi connectivity index (χ0v) is 15.9. The first-order chi connectivity index (χ1) is 13.0. The Morgan fingerprint density at radius 1 is 1.15 bits per heavy atom. The molecular weight excluding hydrogens is 368 g/mol. The average molecular weight is 392 g/mol. The molecule has 1 aliphatic heterocycles. The van der Waals surface area contributed by atoms with E-state index in [4.69, 9.17) is 9.25 Å². The number of rotatable bonds is 10. The van der Waals surface area contributed by atoms with Crippen LogP contribution in [0.1, 0.15) is 30.6 Å². The Morgan fingerprint density at radius 3 is 2.63 bits per heavy atom.